The van der Waals surface area contributed by atoms with Gasteiger partial charge in [-0.05, 0) is 49.6 Å². The number of carbonyl (C=O) groups is 1. The van der Waals surface area contributed by atoms with Gasteiger partial charge in [0, 0.05) is 12.0 Å². The van der Waals surface area contributed by atoms with Gasteiger partial charge in [0.05, 0.1) is 0 Å². The van der Waals surface area contributed by atoms with Crippen molar-refractivity contribution in [3.05, 3.63) is 71.0 Å². The first-order valence-electron chi connectivity index (χ1n) is 6.49. The SMILES string of the molecule is Cc1ccc(CCCC(=O)c2ccc(F)cc2)cc1. The summed E-state index contributed by atoms with van der Waals surface area (Å²) in [4.78, 5) is 11.9. The molecular weight excluding hydrogens is 239 g/mol. The number of Topliss-reactive ketones (excluding diaryl/α,β-unsaturated/α-hetero) is 1. The molecule has 0 fully saturated rings. The van der Waals surface area contributed by atoms with Gasteiger partial charge in [0.25, 0.3) is 0 Å². The minimum atomic E-state index is -0.309. The third-order valence-corrected chi connectivity index (χ3v) is 3.16. The summed E-state index contributed by atoms with van der Waals surface area (Å²) in [5.74, 6) is -0.233. The smallest absolute Gasteiger partial charge is 0.162 e. The third kappa shape index (κ3) is 4.02. The fraction of sp³-hybridized carbons (Fsp3) is 0.235. The molecular formula is C17H17FO. The zero-order chi connectivity index (χ0) is 13.7. The topological polar surface area (TPSA) is 17.1 Å². The molecule has 0 aliphatic carbocycles. The minimum Gasteiger partial charge on any atom is -0.294 e. The summed E-state index contributed by atoms with van der Waals surface area (Å²) in [6.45, 7) is 2.06. The summed E-state index contributed by atoms with van der Waals surface area (Å²) in [6.07, 6.45) is 2.21. The van der Waals surface area contributed by atoms with Gasteiger partial charge < -0.3 is 0 Å². The average molecular weight is 256 g/mol. The maximum absolute atomic E-state index is 12.7. The lowest BCUT2D eigenvalue weighted by Crippen LogP contribution is -2.00. The molecule has 0 aromatic heterocycles. The normalized spacial score (nSPS) is 10.4. The second-order valence-electron chi connectivity index (χ2n) is 4.77. The maximum atomic E-state index is 12.7. The van der Waals surface area contributed by atoms with Crippen molar-refractivity contribution >= 4 is 5.78 Å². The van der Waals surface area contributed by atoms with E-state index in [0.29, 0.717) is 12.0 Å². The quantitative estimate of drug-likeness (QED) is 0.727. The lowest BCUT2D eigenvalue weighted by atomic mass is 10.0. The Bertz CT molecular complexity index is 540. The predicted octanol–water partition coefficient (Wildman–Crippen LogP) is 4.34. The van der Waals surface area contributed by atoms with Crippen molar-refractivity contribution in [2.45, 2.75) is 26.2 Å². The molecule has 2 rings (SSSR count). The van der Waals surface area contributed by atoms with Crippen molar-refractivity contribution in [1.29, 1.82) is 0 Å². The van der Waals surface area contributed by atoms with Crippen LogP contribution in [0.4, 0.5) is 4.39 Å². The molecule has 0 saturated carbocycles. The second kappa shape index (κ2) is 6.28. The summed E-state index contributed by atoms with van der Waals surface area (Å²) in [5, 5.41) is 0. The van der Waals surface area contributed by atoms with E-state index in [9.17, 15) is 9.18 Å². The van der Waals surface area contributed by atoms with Gasteiger partial charge in [0.1, 0.15) is 5.82 Å². The van der Waals surface area contributed by atoms with E-state index in [4.69, 9.17) is 0 Å². The molecule has 0 heterocycles. The Kier molecular flexibility index (Phi) is 4.45. The Hall–Kier alpha value is -1.96. The zero-order valence-corrected chi connectivity index (χ0v) is 11.0. The van der Waals surface area contributed by atoms with Crippen LogP contribution in [0.3, 0.4) is 0 Å². The Morgan fingerprint density at radius 2 is 1.63 bits per heavy atom. The number of benzene rings is 2. The van der Waals surface area contributed by atoms with E-state index < -0.39 is 0 Å². The molecule has 19 heavy (non-hydrogen) atoms. The molecule has 0 amide bonds. The van der Waals surface area contributed by atoms with Crippen LogP contribution in [-0.4, -0.2) is 5.78 Å². The number of halogens is 1. The maximum Gasteiger partial charge on any atom is 0.162 e. The van der Waals surface area contributed by atoms with Crippen LogP contribution in [0, 0.1) is 12.7 Å². The number of carbonyl (C=O) groups excluding carboxylic acids is 1. The van der Waals surface area contributed by atoms with E-state index in [0.717, 1.165) is 12.8 Å². The highest BCUT2D eigenvalue weighted by Gasteiger charge is 2.05. The lowest BCUT2D eigenvalue weighted by molar-refractivity contribution is 0.0980. The average Bonchev–Trinajstić information content (AvgIpc) is 2.41. The van der Waals surface area contributed by atoms with Gasteiger partial charge >= 0.3 is 0 Å². The van der Waals surface area contributed by atoms with Gasteiger partial charge in [-0.2, -0.15) is 0 Å². The van der Waals surface area contributed by atoms with E-state index in [2.05, 4.69) is 31.2 Å². The Morgan fingerprint density at radius 1 is 1.00 bits per heavy atom. The first-order chi connectivity index (χ1) is 9.15. The molecule has 0 unspecified atom stereocenters. The summed E-state index contributed by atoms with van der Waals surface area (Å²) < 4.78 is 12.7. The second-order valence-corrected chi connectivity index (χ2v) is 4.77. The van der Waals surface area contributed by atoms with E-state index in [-0.39, 0.29) is 11.6 Å². The van der Waals surface area contributed by atoms with Crippen molar-refractivity contribution in [3.63, 3.8) is 0 Å². The largest absolute Gasteiger partial charge is 0.294 e. The van der Waals surface area contributed by atoms with Crippen molar-refractivity contribution in [2.24, 2.45) is 0 Å². The molecule has 2 aromatic rings. The van der Waals surface area contributed by atoms with E-state index in [1.165, 1.54) is 23.3 Å². The fourth-order valence-corrected chi connectivity index (χ4v) is 1.99. The Balaban J connectivity index is 1.84. The van der Waals surface area contributed by atoms with Gasteiger partial charge in [0.15, 0.2) is 5.78 Å². The van der Waals surface area contributed by atoms with Crippen LogP contribution in [0.25, 0.3) is 0 Å². The highest BCUT2D eigenvalue weighted by Crippen LogP contribution is 2.11. The van der Waals surface area contributed by atoms with Crippen LogP contribution in [0.1, 0.15) is 34.3 Å². The molecule has 1 nitrogen and oxygen atoms in total. The lowest BCUT2D eigenvalue weighted by Gasteiger charge is -2.03. The molecule has 0 aliphatic heterocycles. The van der Waals surface area contributed by atoms with E-state index >= 15 is 0 Å². The van der Waals surface area contributed by atoms with Crippen LogP contribution in [-0.2, 0) is 6.42 Å². The van der Waals surface area contributed by atoms with Crippen LogP contribution in [0.5, 0.6) is 0 Å². The van der Waals surface area contributed by atoms with Crippen molar-refractivity contribution in [2.75, 3.05) is 0 Å². The monoisotopic (exact) mass is 256 g/mol. The van der Waals surface area contributed by atoms with Crippen molar-refractivity contribution in [3.8, 4) is 0 Å². The molecule has 0 saturated heterocycles. The van der Waals surface area contributed by atoms with Gasteiger partial charge in [-0.1, -0.05) is 29.8 Å². The third-order valence-electron chi connectivity index (χ3n) is 3.16. The standard InChI is InChI=1S/C17H17FO/c1-13-5-7-14(8-6-13)3-2-4-17(19)15-9-11-16(18)12-10-15/h5-12H,2-4H2,1H3. The Morgan fingerprint density at radius 3 is 2.26 bits per heavy atom. The molecule has 2 heteroatoms. The van der Waals surface area contributed by atoms with Gasteiger partial charge in [-0.25, -0.2) is 4.39 Å². The predicted molar refractivity (Wildman–Crippen MR) is 74.8 cm³/mol. The summed E-state index contributed by atoms with van der Waals surface area (Å²) in [6, 6.07) is 14.1. The van der Waals surface area contributed by atoms with Crippen LogP contribution in [0.2, 0.25) is 0 Å². The van der Waals surface area contributed by atoms with Crippen LogP contribution >= 0.6 is 0 Å². The van der Waals surface area contributed by atoms with Crippen molar-refractivity contribution < 1.29 is 9.18 Å². The summed E-state index contributed by atoms with van der Waals surface area (Å²) in [7, 11) is 0. The number of aryl methyl sites for hydroxylation is 2. The molecule has 0 spiro atoms. The number of ketones is 1. The number of hydrogen-bond acceptors (Lipinski definition) is 1. The van der Waals surface area contributed by atoms with Gasteiger partial charge in [-0.15, -0.1) is 0 Å². The van der Waals surface area contributed by atoms with Gasteiger partial charge in [-0.3, -0.25) is 4.79 Å². The van der Waals surface area contributed by atoms with E-state index in [1.807, 2.05) is 0 Å². The molecule has 98 valence electrons. The molecule has 0 atom stereocenters. The highest BCUT2D eigenvalue weighted by molar-refractivity contribution is 5.95. The van der Waals surface area contributed by atoms with E-state index in [1.54, 1.807) is 12.1 Å². The summed E-state index contributed by atoms with van der Waals surface area (Å²) >= 11 is 0. The fourth-order valence-electron chi connectivity index (χ4n) is 1.99. The highest BCUT2D eigenvalue weighted by atomic mass is 19.1. The number of hydrogen-bond donors (Lipinski definition) is 0. The molecule has 0 aliphatic rings. The first-order valence-corrected chi connectivity index (χ1v) is 6.49. The first kappa shape index (κ1) is 13.5. The minimum absolute atomic E-state index is 0.0760. The molecule has 0 N–H and O–H groups in total. The zero-order valence-electron chi connectivity index (χ0n) is 11.0. The molecule has 2 aromatic carbocycles. The van der Waals surface area contributed by atoms with Crippen molar-refractivity contribution in [1.82, 2.24) is 0 Å². The van der Waals surface area contributed by atoms with Gasteiger partial charge in [0.2, 0.25) is 0 Å². The molecule has 0 radical (unpaired) electrons. The molecule has 0 bridgehead atoms. The Labute approximate surface area is 113 Å². The van der Waals surface area contributed by atoms with Crippen LogP contribution < -0.4 is 0 Å². The number of rotatable bonds is 5. The van der Waals surface area contributed by atoms with Crippen LogP contribution in [0.15, 0.2) is 48.5 Å². The summed E-state index contributed by atoms with van der Waals surface area (Å²) in [5.41, 5.74) is 3.08.